The monoisotopic (exact) mass is 1010 g/mol. The van der Waals surface area contributed by atoms with Crippen molar-refractivity contribution in [2.24, 2.45) is 0 Å². The molecule has 0 bridgehead atoms. The minimum Gasteiger partial charge on any atom is -0.354 e. The molecule has 1 aliphatic heterocycles. The van der Waals surface area contributed by atoms with Crippen molar-refractivity contribution in [3.05, 3.63) is 0 Å². The molecule has 0 spiro atoms. The zero-order valence-electron chi connectivity index (χ0n) is 39.7. The topological polar surface area (TPSA) is 297 Å². The van der Waals surface area contributed by atoms with E-state index in [2.05, 4.69) is 42.3 Å². The van der Waals surface area contributed by atoms with Gasteiger partial charge in [-0.2, -0.15) is 25.3 Å². The molecule has 1 heterocycles. The van der Waals surface area contributed by atoms with Crippen LogP contribution in [0.5, 0.6) is 0 Å². The maximum absolute atomic E-state index is 13.6. The molecule has 66 heavy (non-hydrogen) atoms. The van der Waals surface area contributed by atoms with Crippen LogP contribution in [0, 0.1) is 0 Å². The van der Waals surface area contributed by atoms with Crippen LogP contribution in [0.15, 0.2) is 0 Å². The highest BCUT2D eigenvalue weighted by Gasteiger charge is 2.52. The molecule has 0 aromatic rings. The van der Waals surface area contributed by atoms with E-state index in [-0.39, 0.29) is 13.0 Å². The first-order valence-corrected chi connectivity index (χ1v) is 28.4. The number of hydrogen-bond donors (Lipinski definition) is 6. The Morgan fingerprint density at radius 1 is 0.576 bits per heavy atom. The molecule has 1 saturated heterocycles. The lowest BCUT2D eigenvalue weighted by molar-refractivity contribution is -0.261. The van der Waals surface area contributed by atoms with Crippen LogP contribution in [0.25, 0.3) is 0 Å². The van der Waals surface area contributed by atoms with Crippen LogP contribution in [-0.4, -0.2) is 113 Å². The molecule has 3 amide bonds. The first-order chi connectivity index (χ1) is 31.3. The van der Waals surface area contributed by atoms with Crippen LogP contribution < -0.4 is 16.0 Å². The van der Waals surface area contributed by atoms with E-state index in [1.54, 1.807) is 0 Å². The molecule has 0 aromatic heterocycles. The van der Waals surface area contributed by atoms with Gasteiger partial charge in [0.05, 0.1) is 13.2 Å². The van der Waals surface area contributed by atoms with Gasteiger partial charge in [-0.3, -0.25) is 28.0 Å². The lowest BCUT2D eigenvalue weighted by Gasteiger charge is -2.44. The van der Waals surface area contributed by atoms with Crippen molar-refractivity contribution in [3.8, 4) is 0 Å². The SMILES string of the molecule is CCCCCCCCCCCCCCCCCC(=O)N[C@@H](CO[C@@H]1O[C@H](COS(=O)(=O)O)[C@H](OS(=O)(=O)O)[C@H](OS(=O)(=O)O)[C@H]1NC(C)=O)C(=O)NCCCCCCCCCCCCCC. The molecular weight excluding hydrogens is 927 g/mol. The van der Waals surface area contributed by atoms with Gasteiger partial charge in [0.15, 0.2) is 6.29 Å². The van der Waals surface area contributed by atoms with Crippen molar-refractivity contribution >= 4 is 48.9 Å². The molecule has 0 unspecified atom stereocenters. The Labute approximate surface area is 395 Å². The second-order valence-electron chi connectivity index (χ2n) is 17.3. The molecule has 6 N–H and O–H groups in total. The van der Waals surface area contributed by atoms with E-state index in [9.17, 15) is 53.3 Å². The molecular formula is C43H83N3O17S3. The molecule has 0 radical (unpaired) electrons. The van der Waals surface area contributed by atoms with E-state index < -0.39 is 98.8 Å². The first-order valence-electron chi connectivity index (χ1n) is 24.3. The Balaban J connectivity index is 3.00. The summed E-state index contributed by atoms with van der Waals surface area (Å²) >= 11 is 0. The summed E-state index contributed by atoms with van der Waals surface area (Å²) in [7, 11) is -16.3. The predicted molar refractivity (Wildman–Crippen MR) is 248 cm³/mol. The highest BCUT2D eigenvalue weighted by atomic mass is 32.3. The summed E-state index contributed by atoms with van der Waals surface area (Å²) in [6.45, 7) is 3.63. The van der Waals surface area contributed by atoms with E-state index in [0.717, 1.165) is 58.3 Å². The second-order valence-corrected chi connectivity index (χ2v) is 20.5. The molecule has 1 aliphatic rings. The van der Waals surface area contributed by atoms with Crippen molar-refractivity contribution in [2.45, 2.75) is 237 Å². The summed E-state index contributed by atoms with van der Waals surface area (Å²) in [6, 6.07) is -3.31. The van der Waals surface area contributed by atoms with Gasteiger partial charge in [-0.25, -0.2) is 12.5 Å². The van der Waals surface area contributed by atoms with Crippen LogP contribution in [0.3, 0.4) is 0 Å². The molecule has 1 rings (SSSR count). The lowest BCUT2D eigenvalue weighted by Crippen LogP contribution is -2.67. The zero-order chi connectivity index (χ0) is 49.3. The maximum Gasteiger partial charge on any atom is 0.397 e. The second kappa shape index (κ2) is 36.0. The highest BCUT2D eigenvalue weighted by Crippen LogP contribution is 2.30. The van der Waals surface area contributed by atoms with Gasteiger partial charge in [0.2, 0.25) is 17.7 Å². The van der Waals surface area contributed by atoms with Crippen LogP contribution in [0.2, 0.25) is 0 Å². The van der Waals surface area contributed by atoms with E-state index in [4.69, 9.17) is 9.47 Å². The minimum absolute atomic E-state index is 0.0865. The molecule has 23 heteroatoms. The van der Waals surface area contributed by atoms with Gasteiger partial charge in [0, 0.05) is 19.9 Å². The quantitative estimate of drug-likeness (QED) is 0.0265. The summed E-state index contributed by atoms with van der Waals surface area (Å²) in [5.74, 6) is -2.04. The summed E-state index contributed by atoms with van der Waals surface area (Å²) in [4.78, 5) is 39.1. The van der Waals surface area contributed by atoms with Crippen molar-refractivity contribution in [1.29, 1.82) is 0 Å². The van der Waals surface area contributed by atoms with Gasteiger partial charge < -0.3 is 25.4 Å². The van der Waals surface area contributed by atoms with Crippen LogP contribution in [0.1, 0.15) is 201 Å². The Bertz CT molecular complexity index is 1650. The first kappa shape index (κ1) is 62.0. The standard InChI is InChI=1S/C43H83N3O17S3/c1-4-6-8-10-12-14-16-18-19-20-21-23-25-27-29-31-38(48)46-36(42(49)44-32-30-28-26-24-22-17-15-13-11-9-7-5-2)33-59-43-39(45-35(3)47)41(63-66(56,57)58)40(62-65(53,54)55)37(61-43)34-60-64(50,51)52/h36-37,39-41,43H,4-34H2,1-3H3,(H,44,49)(H,45,47)(H,46,48)(H,50,51,52)(H,53,54,55)(H,56,57,58)/t36-,37+,39+,40-,41+,43+/m0/s1. The fraction of sp³-hybridized carbons (Fsp3) is 0.930. The smallest absolute Gasteiger partial charge is 0.354 e. The molecule has 20 nitrogen and oxygen atoms in total. The normalized spacial score (nSPS) is 19.6. The molecule has 0 aromatic carbocycles. The highest BCUT2D eigenvalue weighted by molar-refractivity contribution is 7.81. The minimum atomic E-state index is -5.53. The summed E-state index contributed by atoms with van der Waals surface area (Å²) in [5, 5.41) is 7.64. The van der Waals surface area contributed by atoms with E-state index >= 15 is 0 Å². The Morgan fingerprint density at radius 2 is 0.985 bits per heavy atom. The average Bonchev–Trinajstić information content (AvgIpc) is 3.22. The third-order valence-electron chi connectivity index (χ3n) is 11.3. The largest absolute Gasteiger partial charge is 0.397 e. The summed E-state index contributed by atoms with van der Waals surface area (Å²) in [5.41, 5.74) is 0. The zero-order valence-corrected chi connectivity index (χ0v) is 42.1. The van der Waals surface area contributed by atoms with Crippen LogP contribution in [-0.2, 0) is 67.6 Å². The fourth-order valence-corrected chi connectivity index (χ4v) is 9.16. The fourth-order valence-electron chi connectivity index (χ4n) is 7.83. The van der Waals surface area contributed by atoms with Gasteiger partial charge in [0.1, 0.15) is 30.4 Å². The number of nitrogens with one attached hydrogen (secondary N) is 3. The van der Waals surface area contributed by atoms with E-state index in [0.29, 0.717) is 12.8 Å². The molecule has 0 saturated carbocycles. The Morgan fingerprint density at radius 3 is 1.39 bits per heavy atom. The van der Waals surface area contributed by atoms with Gasteiger partial charge >= 0.3 is 31.2 Å². The molecule has 0 aliphatic carbocycles. The molecule has 1 fully saturated rings. The van der Waals surface area contributed by atoms with E-state index in [1.807, 2.05) is 0 Å². The van der Waals surface area contributed by atoms with Crippen molar-refractivity contribution < 1.29 is 75.3 Å². The lowest BCUT2D eigenvalue weighted by atomic mass is 9.97. The van der Waals surface area contributed by atoms with Crippen molar-refractivity contribution in [1.82, 2.24) is 16.0 Å². The third-order valence-corrected chi connectivity index (χ3v) is 12.6. The van der Waals surface area contributed by atoms with Crippen molar-refractivity contribution in [3.63, 3.8) is 0 Å². The number of carbonyl (C=O) groups excluding carboxylic acids is 3. The number of unbranched alkanes of at least 4 members (excludes halogenated alkanes) is 25. The number of amides is 3. The molecule has 6 atom stereocenters. The average molecular weight is 1010 g/mol. The van der Waals surface area contributed by atoms with Gasteiger partial charge in [0.25, 0.3) is 0 Å². The van der Waals surface area contributed by atoms with Crippen LogP contribution >= 0.6 is 0 Å². The van der Waals surface area contributed by atoms with Gasteiger partial charge in [-0.05, 0) is 12.8 Å². The Hall–Kier alpha value is -2.06. The summed E-state index contributed by atoms with van der Waals surface area (Å²) < 4.78 is 124. The summed E-state index contributed by atoms with van der Waals surface area (Å²) in [6.07, 6.45) is 21.9. The van der Waals surface area contributed by atoms with Crippen LogP contribution in [0.4, 0.5) is 0 Å². The number of ether oxygens (including phenoxy) is 2. The predicted octanol–water partition coefficient (Wildman–Crippen LogP) is 6.99. The van der Waals surface area contributed by atoms with E-state index in [1.165, 1.54) is 109 Å². The number of rotatable bonds is 42. The van der Waals surface area contributed by atoms with Gasteiger partial charge in [-0.15, -0.1) is 0 Å². The third kappa shape index (κ3) is 33.4. The molecule has 390 valence electrons. The van der Waals surface area contributed by atoms with Crippen molar-refractivity contribution in [2.75, 3.05) is 19.8 Å². The Kier molecular flexibility index (Phi) is 33.8. The van der Waals surface area contributed by atoms with Gasteiger partial charge in [-0.1, -0.05) is 174 Å². The number of carbonyl (C=O) groups is 3. The number of hydrogen-bond acceptors (Lipinski definition) is 14. The maximum atomic E-state index is 13.6.